The molecular weight excluding hydrogens is 184 g/mol. The summed E-state index contributed by atoms with van der Waals surface area (Å²) in [6, 6.07) is 0.712. The third kappa shape index (κ3) is 6.16. The minimum atomic E-state index is 0.712. The molecule has 2 nitrogen and oxygen atoms in total. The van der Waals surface area contributed by atoms with Crippen molar-refractivity contribution in [2.24, 2.45) is 0 Å². The van der Waals surface area contributed by atoms with Crippen molar-refractivity contribution >= 4 is 0 Å². The van der Waals surface area contributed by atoms with Gasteiger partial charge < -0.3 is 10.2 Å². The van der Waals surface area contributed by atoms with Crippen LogP contribution in [0.1, 0.15) is 52.4 Å². The Hall–Kier alpha value is -0.0800. The normalized spacial score (nSPS) is 19.6. The summed E-state index contributed by atoms with van der Waals surface area (Å²) in [5.74, 6) is 0. The molecule has 1 fully saturated rings. The molecule has 1 heterocycles. The highest BCUT2D eigenvalue weighted by Crippen LogP contribution is 2.07. The van der Waals surface area contributed by atoms with Gasteiger partial charge >= 0.3 is 0 Å². The summed E-state index contributed by atoms with van der Waals surface area (Å²) >= 11 is 0. The van der Waals surface area contributed by atoms with Crippen LogP contribution in [0.15, 0.2) is 0 Å². The Bertz CT molecular complexity index is 141. The Balaban J connectivity index is 1.87. The molecule has 0 saturated carbocycles. The lowest BCUT2D eigenvalue weighted by atomic mass is 10.1. The van der Waals surface area contributed by atoms with Gasteiger partial charge in [0.25, 0.3) is 0 Å². The molecule has 0 aromatic heterocycles. The van der Waals surface area contributed by atoms with E-state index in [1.54, 1.807) is 0 Å². The van der Waals surface area contributed by atoms with E-state index in [-0.39, 0.29) is 0 Å². The van der Waals surface area contributed by atoms with Crippen molar-refractivity contribution in [2.45, 2.75) is 58.4 Å². The number of hydrogen-bond donors (Lipinski definition) is 1. The monoisotopic (exact) mass is 212 g/mol. The van der Waals surface area contributed by atoms with E-state index in [0.29, 0.717) is 6.04 Å². The Morgan fingerprint density at radius 1 is 1.20 bits per heavy atom. The predicted molar refractivity (Wildman–Crippen MR) is 67.3 cm³/mol. The van der Waals surface area contributed by atoms with E-state index < -0.39 is 0 Å². The van der Waals surface area contributed by atoms with Gasteiger partial charge in [0.2, 0.25) is 0 Å². The zero-order chi connectivity index (χ0) is 10.9. The average molecular weight is 212 g/mol. The van der Waals surface area contributed by atoms with Gasteiger partial charge in [-0.05, 0) is 58.8 Å². The van der Waals surface area contributed by atoms with Crippen LogP contribution in [0.3, 0.4) is 0 Å². The van der Waals surface area contributed by atoms with Gasteiger partial charge in [0.1, 0.15) is 0 Å². The molecule has 2 heteroatoms. The molecule has 0 spiro atoms. The number of hydrogen-bond acceptors (Lipinski definition) is 2. The van der Waals surface area contributed by atoms with Crippen molar-refractivity contribution in [2.75, 3.05) is 26.2 Å². The zero-order valence-corrected chi connectivity index (χ0v) is 10.6. The van der Waals surface area contributed by atoms with Crippen molar-refractivity contribution in [3.63, 3.8) is 0 Å². The smallest absolute Gasteiger partial charge is 0.00387 e. The van der Waals surface area contributed by atoms with Crippen LogP contribution in [0, 0.1) is 0 Å². The molecule has 90 valence electrons. The molecule has 1 aliphatic heterocycles. The van der Waals surface area contributed by atoms with Gasteiger partial charge in [0, 0.05) is 6.04 Å². The van der Waals surface area contributed by atoms with E-state index >= 15 is 0 Å². The maximum absolute atomic E-state index is 3.61. The van der Waals surface area contributed by atoms with Crippen molar-refractivity contribution < 1.29 is 0 Å². The van der Waals surface area contributed by atoms with Crippen LogP contribution in [0.2, 0.25) is 0 Å². The van der Waals surface area contributed by atoms with E-state index in [9.17, 15) is 0 Å². The molecule has 0 amide bonds. The maximum Gasteiger partial charge on any atom is 0.00387 e. The first-order valence-corrected chi connectivity index (χ1v) is 6.78. The van der Waals surface area contributed by atoms with E-state index in [1.807, 2.05) is 0 Å². The molecule has 1 aliphatic rings. The number of likely N-dealkylation sites (tertiary alicyclic amines) is 1. The zero-order valence-electron chi connectivity index (χ0n) is 10.6. The molecular formula is C13H28N2. The number of unbranched alkanes of at least 4 members (excludes halogenated alkanes) is 1. The van der Waals surface area contributed by atoms with Crippen molar-refractivity contribution in [3.05, 3.63) is 0 Å². The third-order valence-electron chi connectivity index (χ3n) is 3.33. The van der Waals surface area contributed by atoms with Gasteiger partial charge in [0.15, 0.2) is 0 Å². The van der Waals surface area contributed by atoms with Crippen LogP contribution in [0.5, 0.6) is 0 Å². The largest absolute Gasteiger partial charge is 0.314 e. The van der Waals surface area contributed by atoms with Gasteiger partial charge in [-0.2, -0.15) is 0 Å². The fourth-order valence-corrected chi connectivity index (χ4v) is 2.27. The Morgan fingerprint density at radius 3 is 2.60 bits per heavy atom. The SMILES string of the molecule is CCCCC(C)NCCCN1CCCC1. The van der Waals surface area contributed by atoms with E-state index in [2.05, 4.69) is 24.1 Å². The Morgan fingerprint density at radius 2 is 1.93 bits per heavy atom. The lowest BCUT2D eigenvalue weighted by molar-refractivity contribution is 0.327. The molecule has 0 aliphatic carbocycles. The van der Waals surface area contributed by atoms with Gasteiger partial charge in [-0.25, -0.2) is 0 Å². The second-order valence-corrected chi connectivity index (χ2v) is 4.90. The summed E-state index contributed by atoms with van der Waals surface area (Å²) in [7, 11) is 0. The fraction of sp³-hybridized carbons (Fsp3) is 1.00. The van der Waals surface area contributed by atoms with Gasteiger partial charge in [-0.1, -0.05) is 19.8 Å². The first kappa shape index (κ1) is 13.0. The number of nitrogens with zero attached hydrogens (tertiary/aromatic N) is 1. The van der Waals surface area contributed by atoms with Crippen LogP contribution in [-0.2, 0) is 0 Å². The number of nitrogens with one attached hydrogen (secondary N) is 1. The molecule has 0 aromatic rings. The maximum atomic E-state index is 3.61. The summed E-state index contributed by atoms with van der Waals surface area (Å²) in [5.41, 5.74) is 0. The quantitative estimate of drug-likeness (QED) is 0.622. The first-order chi connectivity index (χ1) is 7.33. The molecule has 1 atom stereocenters. The van der Waals surface area contributed by atoms with Crippen molar-refractivity contribution in [3.8, 4) is 0 Å². The fourth-order valence-electron chi connectivity index (χ4n) is 2.27. The van der Waals surface area contributed by atoms with Crippen LogP contribution in [0.4, 0.5) is 0 Å². The highest BCUT2D eigenvalue weighted by Gasteiger charge is 2.10. The minimum absolute atomic E-state index is 0.712. The second kappa shape index (κ2) is 8.12. The first-order valence-electron chi connectivity index (χ1n) is 6.78. The molecule has 1 saturated heterocycles. The van der Waals surface area contributed by atoms with Crippen molar-refractivity contribution in [1.82, 2.24) is 10.2 Å². The van der Waals surface area contributed by atoms with Gasteiger partial charge in [0.05, 0.1) is 0 Å². The Labute approximate surface area is 95.4 Å². The summed E-state index contributed by atoms with van der Waals surface area (Å²) in [6.45, 7) is 9.75. The Kier molecular flexibility index (Phi) is 7.03. The average Bonchev–Trinajstić information content (AvgIpc) is 2.74. The highest BCUT2D eigenvalue weighted by molar-refractivity contribution is 4.67. The van der Waals surface area contributed by atoms with Crippen LogP contribution in [-0.4, -0.2) is 37.1 Å². The third-order valence-corrected chi connectivity index (χ3v) is 3.33. The standard InChI is InChI=1S/C13H28N2/c1-3-4-8-13(2)14-9-7-12-15-10-5-6-11-15/h13-14H,3-12H2,1-2H3. The lowest BCUT2D eigenvalue weighted by Crippen LogP contribution is -2.30. The van der Waals surface area contributed by atoms with E-state index in [4.69, 9.17) is 0 Å². The molecule has 1 rings (SSSR count). The summed E-state index contributed by atoms with van der Waals surface area (Å²) in [4.78, 5) is 2.60. The highest BCUT2D eigenvalue weighted by atomic mass is 15.1. The van der Waals surface area contributed by atoms with Crippen LogP contribution >= 0.6 is 0 Å². The predicted octanol–water partition coefficient (Wildman–Crippen LogP) is 2.64. The molecule has 0 bridgehead atoms. The summed E-state index contributed by atoms with van der Waals surface area (Å²) in [5, 5.41) is 3.61. The summed E-state index contributed by atoms with van der Waals surface area (Å²) in [6.07, 6.45) is 8.16. The summed E-state index contributed by atoms with van der Waals surface area (Å²) < 4.78 is 0. The number of rotatable bonds is 8. The van der Waals surface area contributed by atoms with Crippen LogP contribution < -0.4 is 5.32 Å². The molecule has 0 radical (unpaired) electrons. The minimum Gasteiger partial charge on any atom is -0.314 e. The molecule has 0 aromatic carbocycles. The van der Waals surface area contributed by atoms with Gasteiger partial charge in [-0.3, -0.25) is 0 Å². The van der Waals surface area contributed by atoms with Crippen molar-refractivity contribution in [1.29, 1.82) is 0 Å². The molecule has 15 heavy (non-hydrogen) atoms. The lowest BCUT2D eigenvalue weighted by Gasteiger charge is -2.16. The van der Waals surface area contributed by atoms with E-state index in [0.717, 1.165) is 0 Å². The second-order valence-electron chi connectivity index (χ2n) is 4.90. The topological polar surface area (TPSA) is 15.3 Å². The van der Waals surface area contributed by atoms with E-state index in [1.165, 1.54) is 64.7 Å². The molecule has 1 N–H and O–H groups in total. The van der Waals surface area contributed by atoms with Gasteiger partial charge in [-0.15, -0.1) is 0 Å². The van der Waals surface area contributed by atoms with Crippen LogP contribution in [0.25, 0.3) is 0 Å². The molecule has 1 unspecified atom stereocenters.